The van der Waals surface area contributed by atoms with E-state index in [1.54, 1.807) is 0 Å². The first-order valence-corrected chi connectivity index (χ1v) is 9.96. The van der Waals surface area contributed by atoms with Crippen LogP contribution in [0.25, 0.3) is 16.9 Å². The molecule has 0 aliphatic carbocycles. The van der Waals surface area contributed by atoms with Crippen molar-refractivity contribution < 1.29 is 22.4 Å². The molecule has 0 saturated carbocycles. The lowest BCUT2D eigenvalue weighted by atomic mass is 10.1. The Labute approximate surface area is 189 Å². The Morgan fingerprint density at radius 1 is 1.00 bits per heavy atom. The molecular weight excluding hydrogens is 469 g/mol. The smallest absolute Gasteiger partial charge is 0.309 e. The number of carbonyl (C=O) groups is 1. The molecule has 0 fully saturated rings. The quantitative estimate of drug-likeness (QED) is 0.331. The number of alkyl halides is 3. The van der Waals surface area contributed by atoms with Gasteiger partial charge in [0.15, 0.2) is 5.82 Å². The van der Waals surface area contributed by atoms with Gasteiger partial charge in [-0.3, -0.25) is 9.20 Å². The van der Waals surface area contributed by atoms with E-state index in [0.717, 1.165) is 12.1 Å². The highest BCUT2D eigenvalue weighted by Crippen LogP contribution is 2.35. The molecule has 0 radical (unpaired) electrons. The highest BCUT2D eigenvalue weighted by Gasteiger charge is 2.30. The fraction of sp³-hybridized carbons (Fsp3) is 0.0909. The normalized spacial score (nSPS) is 11.7. The third-order valence-electron chi connectivity index (χ3n) is 4.69. The maximum atomic E-state index is 13.1. The van der Waals surface area contributed by atoms with Crippen LogP contribution >= 0.6 is 23.2 Å². The van der Waals surface area contributed by atoms with E-state index in [-0.39, 0.29) is 22.3 Å². The van der Waals surface area contributed by atoms with Gasteiger partial charge in [-0.15, -0.1) is 0 Å². The number of anilines is 1. The lowest BCUT2D eigenvalue weighted by Gasteiger charge is -2.10. The molecule has 2 aromatic carbocycles. The van der Waals surface area contributed by atoms with Gasteiger partial charge in [-0.1, -0.05) is 47.5 Å². The minimum Gasteiger partial charge on any atom is -0.309 e. The second kappa shape index (κ2) is 8.44. The predicted molar refractivity (Wildman–Crippen MR) is 114 cm³/mol. The highest BCUT2D eigenvalue weighted by atomic mass is 35.5. The van der Waals surface area contributed by atoms with Gasteiger partial charge in [0.2, 0.25) is 5.91 Å². The van der Waals surface area contributed by atoms with Gasteiger partial charge in [-0.25, -0.2) is 9.37 Å². The van der Waals surface area contributed by atoms with Gasteiger partial charge in [-0.05, 0) is 29.8 Å². The van der Waals surface area contributed by atoms with Crippen molar-refractivity contribution in [2.75, 3.05) is 5.32 Å². The minimum atomic E-state index is -4.49. The van der Waals surface area contributed by atoms with E-state index in [9.17, 15) is 22.4 Å². The van der Waals surface area contributed by atoms with Crippen molar-refractivity contribution in [2.24, 2.45) is 0 Å². The zero-order valence-electron chi connectivity index (χ0n) is 16.1. The van der Waals surface area contributed by atoms with Crippen LogP contribution in [0.3, 0.4) is 0 Å². The number of amides is 1. The van der Waals surface area contributed by atoms with Gasteiger partial charge >= 0.3 is 6.18 Å². The molecule has 0 bridgehead atoms. The fourth-order valence-corrected chi connectivity index (χ4v) is 3.48. The summed E-state index contributed by atoms with van der Waals surface area (Å²) in [4.78, 5) is 17.0. The summed E-state index contributed by atoms with van der Waals surface area (Å²) in [7, 11) is 0. The van der Waals surface area contributed by atoms with Crippen molar-refractivity contribution in [3.8, 4) is 11.3 Å². The van der Waals surface area contributed by atoms with Crippen LogP contribution in [-0.2, 0) is 17.4 Å². The molecule has 0 aliphatic rings. The average molecular weight is 482 g/mol. The van der Waals surface area contributed by atoms with E-state index < -0.39 is 23.5 Å². The molecule has 0 unspecified atom stereocenters. The second-order valence-electron chi connectivity index (χ2n) is 6.93. The summed E-state index contributed by atoms with van der Waals surface area (Å²) in [5.41, 5.74) is 0.819. The highest BCUT2D eigenvalue weighted by molar-refractivity contribution is 6.42. The Hall–Kier alpha value is -3.10. The minimum absolute atomic E-state index is 0.0535. The Morgan fingerprint density at radius 2 is 1.66 bits per heavy atom. The summed E-state index contributed by atoms with van der Waals surface area (Å²) < 4.78 is 53.5. The van der Waals surface area contributed by atoms with Crippen LogP contribution < -0.4 is 5.32 Å². The summed E-state index contributed by atoms with van der Waals surface area (Å²) in [5, 5.41) is 3.10. The number of fused-ring (bicyclic) bond motifs is 1. The first-order valence-electron chi connectivity index (χ1n) is 9.21. The molecule has 4 rings (SSSR count). The number of halogens is 6. The summed E-state index contributed by atoms with van der Waals surface area (Å²) >= 11 is 12.2. The fourth-order valence-electron chi connectivity index (χ4n) is 3.18. The predicted octanol–water partition coefficient (Wildman–Crippen LogP) is 6.65. The van der Waals surface area contributed by atoms with Crippen molar-refractivity contribution in [3.63, 3.8) is 0 Å². The molecule has 10 heteroatoms. The molecule has 2 aromatic heterocycles. The Balaban J connectivity index is 1.74. The van der Waals surface area contributed by atoms with Crippen molar-refractivity contribution in [1.29, 1.82) is 0 Å². The number of aromatic nitrogens is 2. The van der Waals surface area contributed by atoms with Crippen molar-refractivity contribution >= 4 is 40.6 Å². The first-order chi connectivity index (χ1) is 15.1. The monoisotopic (exact) mass is 481 g/mol. The molecule has 0 atom stereocenters. The molecule has 1 amide bonds. The number of benzene rings is 2. The standard InChI is InChI=1S/C22H13Cl2F4N3O/c23-16-10-18-29-21(30-19(32)9-12-1-7-15(25)8-2-12)20(31(18)11-17(16)24)13-3-5-14(6-4-13)22(26,27)28/h1-8,10-11H,9H2,(H,30,32). The largest absolute Gasteiger partial charge is 0.416 e. The van der Waals surface area contributed by atoms with Crippen LogP contribution in [0.15, 0.2) is 60.8 Å². The molecule has 0 spiro atoms. The Bertz CT molecular complexity index is 1300. The number of carbonyl (C=O) groups excluding carboxylic acids is 1. The average Bonchev–Trinajstić information content (AvgIpc) is 3.06. The Morgan fingerprint density at radius 3 is 2.28 bits per heavy atom. The number of hydrogen-bond acceptors (Lipinski definition) is 2. The molecular formula is C22H13Cl2F4N3O. The van der Waals surface area contributed by atoms with E-state index in [0.29, 0.717) is 22.5 Å². The van der Waals surface area contributed by atoms with E-state index in [2.05, 4.69) is 10.3 Å². The van der Waals surface area contributed by atoms with Gasteiger partial charge in [0, 0.05) is 17.8 Å². The molecule has 32 heavy (non-hydrogen) atoms. The van der Waals surface area contributed by atoms with Crippen LogP contribution in [0.4, 0.5) is 23.4 Å². The third kappa shape index (κ3) is 4.56. The number of imidazole rings is 1. The lowest BCUT2D eigenvalue weighted by Crippen LogP contribution is -2.15. The molecule has 164 valence electrons. The number of pyridine rings is 1. The van der Waals surface area contributed by atoms with E-state index >= 15 is 0 Å². The maximum absolute atomic E-state index is 13.1. The molecule has 0 saturated heterocycles. The van der Waals surface area contributed by atoms with Crippen LogP contribution in [0.1, 0.15) is 11.1 Å². The SMILES string of the molecule is O=C(Cc1ccc(F)cc1)Nc1nc2cc(Cl)c(Cl)cn2c1-c1ccc(C(F)(F)F)cc1. The van der Waals surface area contributed by atoms with Crippen LogP contribution in [0.5, 0.6) is 0 Å². The van der Waals surface area contributed by atoms with Crippen LogP contribution in [-0.4, -0.2) is 15.3 Å². The summed E-state index contributed by atoms with van der Waals surface area (Å²) in [6, 6.07) is 11.4. The lowest BCUT2D eigenvalue weighted by molar-refractivity contribution is -0.137. The van der Waals surface area contributed by atoms with Crippen molar-refractivity contribution in [3.05, 3.63) is 87.8 Å². The van der Waals surface area contributed by atoms with Crippen molar-refractivity contribution in [1.82, 2.24) is 9.38 Å². The number of rotatable bonds is 4. The zero-order chi connectivity index (χ0) is 23.0. The Kier molecular flexibility index (Phi) is 5.83. The van der Waals surface area contributed by atoms with Gasteiger partial charge in [-0.2, -0.15) is 13.2 Å². The number of nitrogens with one attached hydrogen (secondary N) is 1. The summed E-state index contributed by atoms with van der Waals surface area (Å²) in [6.07, 6.45) is -3.07. The zero-order valence-corrected chi connectivity index (χ0v) is 17.6. The van der Waals surface area contributed by atoms with Gasteiger partial charge in [0.25, 0.3) is 0 Å². The molecule has 4 aromatic rings. The van der Waals surface area contributed by atoms with Gasteiger partial charge < -0.3 is 5.32 Å². The summed E-state index contributed by atoms with van der Waals surface area (Å²) in [5.74, 6) is -0.742. The topological polar surface area (TPSA) is 46.4 Å². The van der Waals surface area contributed by atoms with Gasteiger partial charge in [0.1, 0.15) is 11.5 Å². The molecule has 4 nitrogen and oxygen atoms in total. The van der Waals surface area contributed by atoms with Gasteiger partial charge in [0.05, 0.1) is 27.7 Å². The van der Waals surface area contributed by atoms with E-state index in [1.807, 2.05) is 0 Å². The van der Waals surface area contributed by atoms with E-state index in [4.69, 9.17) is 23.2 Å². The molecule has 2 heterocycles. The van der Waals surface area contributed by atoms with E-state index in [1.165, 1.54) is 53.1 Å². The summed E-state index contributed by atoms with van der Waals surface area (Å²) in [6.45, 7) is 0. The van der Waals surface area contributed by atoms with Crippen LogP contribution in [0, 0.1) is 5.82 Å². The van der Waals surface area contributed by atoms with Crippen molar-refractivity contribution in [2.45, 2.75) is 12.6 Å². The third-order valence-corrected chi connectivity index (χ3v) is 5.40. The molecule has 0 aliphatic heterocycles. The molecule has 1 N–H and O–H groups in total. The first kappa shape index (κ1) is 22.1. The van der Waals surface area contributed by atoms with Crippen LogP contribution in [0.2, 0.25) is 10.0 Å². The number of hydrogen-bond donors (Lipinski definition) is 1. The maximum Gasteiger partial charge on any atom is 0.416 e. The second-order valence-corrected chi connectivity index (χ2v) is 7.75. The number of nitrogens with zero attached hydrogens (tertiary/aromatic N) is 2.